The van der Waals surface area contributed by atoms with Gasteiger partial charge in [0.25, 0.3) is 0 Å². The summed E-state index contributed by atoms with van der Waals surface area (Å²) < 4.78 is 3.23. The SMILES string of the molecule is Cn1cnc(-c2ccc(I)cc2)c1-c1cc2c(N)ncnc2s1. The second kappa shape index (κ2) is 5.57. The summed E-state index contributed by atoms with van der Waals surface area (Å²) in [5.74, 6) is 0.510. The van der Waals surface area contributed by atoms with E-state index in [0.717, 1.165) is 32.0 Å². The summed E-state index contributed by atoms with van der Waals surface area (Å²) in [4.78, 5) is 14.9. The maximum Gasteiger partial charge on any atom is 0.135 e. The average Bonchev–Trinajstić information content (AvgIpc) is 3.12. The van der Waals surface area contributed by atoms with Gasteiger partial charge in [-0.2, -0.15) is 0 Å². The van der Waals surface area contributed by atoms with Crippen LogP contribution in [0.1, 0.15) is 0 Å². The minimum Gasteiger partial charge on any atom is -0.383 e. The van der Waals surface area contributed by atoms with Crippen LogP contribution in [0.4, 0.5) is 5.82 Å². The summed E-state index contributed by atoms with van der Waals surface area (Å²) in [6, 6.07) is 10.4. The number of fused-ring (bicyclic) bond motifs is 1. The number of anilines is 1. The number of aromatic nitrogens is 4. The number of imidazole rings is 1. The van der Waals surface area contributed by atoms with Gasteiger partial charge in [-0.1, -0.05) is 12.1 Å². The van der Waals surface area contributed by atoms with Crippen molar-refractivity contribution in [2.24, 2.45) is 7.05 Å². The number of halogens is 1. The topological polar surface area (TPSA) is 69.6 Å². The summed E-state index contributed by atoms with van der Waals surface area (Å²) in [5, 5.41) is 0.891. The summed E-state index contributed by atoms with van der Waals surface area (Å²) in [5.41, 5.74) is 9.08. The highest BCUT2D eigenvalue weighted by molar-refractivity contribution is 14.1. The van der Waals surface area contributed by atoms with Gasteiger partial charge >= 0.3 is 0 Å². The zero-order valence-corrected chi connectivity index (χ0v) is 15.2. The van der Waals surface area contributed by atoms with Gasteiger partial charge in [0.1, 0.15) is 17.0 Å². The molecular weight excluding hydrogens is 421 g/mol. The van der Waals surface area contributed by atoms with E-state index < -0.39 is 0 Å². The second-order valence-corrected chi connectivity index (χ2v) is 7.42. The summed E-state index contributed by atoms with van der Waals surface area (Å²) >= 11 is 3.90. The van der Waals surface area contributed by atoms with Crippen LogP contribution >= 0.6 is 33.9 Å². The molecule has 0 aliphatic carbocycles. The predicted molar refractivity (Wildman–Crippen MR) is 102 cm³/mol. The van der Waals surface area contributed by atoms with E-state index in [2.05, 4.69) is 61.8 Å². The third-order valence-electron chi connectivity index (χ3n) is 3.65. The van der Waals surface area contributed by atoms with Gasteiger partial charge in [-0.3, -0.25) is 0 Å². The second-order valence-electron chi connectivity index (χ2n) is 5.15. The van der Waals surface area contributed by atoms with Crippen molar-refractivity contribution in [1.82, 2.24) is 19.5 Å². The zero-order valence-electron chi connectivity index (χ0n) is 12.2. The predicted octanol–water partition coefficient (Wildman–Crippen LogP) is 3.95. The number of hydrogen-bond acceptors (Lipinski definition) is 5. The molecule has 23 heavy (non-hydrogen) atoms. The van der Waals surface area contributed by atoms with Crippen molar-refractivity contribution < 1.29 is 0 Å². The van der Waals surface area contributed by atoms with E-state index in [1.165, 1.54) is 9.90 Å². The van der Waals surface area contributed by atoms with E-state index in [0.29, 0.717) is 5.82 Å². The first kappa shape index (κ1) is 14.6. The zero-order chi connectivity index (χ0) is 16.0. The van der Waals surface area contributed by atoms with Crippen LogP contribution in [-0.2, 0) is 7.05 Å². The molecule has 0 radical (unpaired) electrons. The summed E-state index contributed by atoms with van der Waals surface area (Å²) in [6.45, 7) is 0. The first-order chi connectivity index (χ1) is 11.1. The highest BCUT2D eigenvalue weighted by Crippen LogP contribution is 2.38. The van der Waals surface area contributed by atoms with E-state index in [-0.39, 0.29) is 0 Å². The van der Waals surface area contributed by atoms with Crippen LogP contribution in [0.2, 0.25) is 0 Å². The van der Waals surface area contributed by atoms with Crippen molar-refractivity contribution >= 4 is 50.0 Å². The fourth-order valence-electron chi connectivity index (χ4n) is 2.53. The van der Waals surface area contributed by atoms with Gasteiger partial charge in [-0.25, -0.2) is 15.0 Å². The Balaban J connectivity index is 1.92. The fourth-order valence-corrected chi connectivity index (χ4v) is 3.99. The Kier molecular flexibility index (Phi) is 3.53. The van der Waals surface area contributed by atoms with Crippen LogP contribution < -0.4 is 5.73 Å². The van der Waals surface area contributed by atoms with Crippen LogP contribution in [-0.4, -0.2) is 19.5 Å². The van der Waals surface area contributed by atoms with Gasteiger partial charge in [0.05, 0.1) is 28.0 Å². The van der Waals surface area contributed by atoms with Crippen LogP contribution in [0, 0.1) is 3.57 Å². The van der Waals surface area contributed by atoms with E-state index in [1.54, 1.807) is 11.3 Å². The Morgan fingerprint density at radius 2 is 1.91 bits per heavy atom. The quantitative estimate of drug-likeness (QED) is 0.487. The number of nitrogens with two attached hydrogens (primary N) is 1. The van der Waals surface area contributed by atoms with Gasteiger partial charge in [0.15, 0.2) is 0 Å². The molecule has 4 rings (SSSR count). The molecule has 0 aliphatic rings. The number of nitrogen functional groups attached to an aromatic ring is 1. The Hall–Kier alpha value is -2.00. The third kappa shape index (κ3) is 2.49. The van der Waals surface area contributed by atoms with Crippen molar-refractivity contribution in [1.29, 1.82) is 0 Å². The Morgan fingerprint density at radius 1 is 1.13 bits per heavy atom. The molecule has 0 aliphatic heterocycles. The van der Waals surface area contributed by atoms with Crippen LogP contribution in [0.3, 0.4) is 0 Å². The highest BCUT2D eigenvalue weighted by Gasteiger charge is 2.17. The molecule has 0 saturated carbocycles. The van der Waals surface area contributed by atoms with Gasteiger partial charge in [0, 0.05) is 16.2 Å². The lowest BCUT2D eigenvalue weighted by Crippen LogP contribution is -1.90. The van der Waals surface area contributed by atoms with Crippen molar-refractivity contribution in [3.8, 4) is 21.8 Å². The van der Waals surface area contributed by atoms with Crippen molar-refractivity contribution in [2.45, 2.75) is 0 Å². The Bertz CT molecular complexity index is 1000. The van der Waals surface area contributed by atoms with Crippen LogP contribution in [0.25, 0.3) is 32.0 Å². The maximum absolute atomic E-state index is 5.96. The molecular formula is C16H12IN5S. The lowest BCUT2D eigenvalue weighted by Gasteiger charge is -2.04. The first-order valence-electron chi connectivity index (χ1n) is 6.91. The van der Waals surface area contributed by atoms with Crippen LogP contribution in [0.5, 0.6) is 0 Å². The lowest BCUT2D eigenvalue weighted by molar-refractivity contribution is 0.923. The number of aryl methyl sites for hydroxylation is 1. The van der Waals surface area contributed by atoms with Gasteiger partial charge in [-0.15, -0.1) is 11.3 Å². The molecule has 0 spiro atoms. The largest absolute Gasteiger partial charge is 0.383 e. The smallest absolute Gasteiger partial charge is 0.135 e. The van der Waals surface area contributed by atoms with Gasteiger partial charge < -0.3 is 10.3 Å². The molecule has 4 aromatic rings. The molecule has 0 bridgehead atoms. The summed E-state index contributed by atoms with van der Waals surface area (Å²) in [7, 11) is 2.00. The van der Waals surface area contributed by atoms with Crippen molar-refractivity contribution in [3.63, 3.8) is 0 Å². The molecule has 0 unspecified atom stereocenters. The van der Waals surface area contributed by atoms with E-state index in [4.69, 9.17) is 5.73 Å². The molecule has 0 atom stereocenters. The number of thiophene rings is 1. The number of hydrogen-bond donors (Lipinski definition) is 1. The van der Waals surface area contributed by atoms with Crippen molar-refractivity contribution in [3.05, 3.63) is 46.6 Å². The highest BCUT2D eigenvalue weighted by atomic mass is 127. The van der Waals surface area contributed by atoms with E-state index in [9.17, 15) is 0 Å². The monoisotopic (exact) mass is 433 g/mol. The minimum absolute atomic E-state index is 0.510. The Morgan fingerprint density at radius 3 is 2.65 bits per heavy atom. The van der Waals surface area contributed by atoms with Gasteiger partial charge in [0.2, 0.25) is 0 Å². The maximum atomic E-state index is 5.96. The third-order valence-corrected chi connectivity index (χ3v) is 5.42. The molecule has 1 aromatic carbocycles. The molecule has 5 nitrogen and oxygen atoms in total. The molecule has 0 amide bonds. The van der Waals surface area contributed by atoms with E-state index >= 15 is 0 Å². The minimum atomic E-state index is 0.510. The number of rotatable bonds is 2. The average molecular weight is 433 g/mol. The summed E-state index contributed by atoms with van der Waals surface area (Å²) in [6.07, 6.45) is 3.34. The molecule has 0 saturated heterocycles. The molecule has 0 fully saturated rings. The first-order valence-corrected chi connectivity index (χ1v) is 8.80. The molecule has 2 N–H and O–H groups in total. The normalized spacial score (nSPS) is 11.2. The molecule has 3 aromatic heterocycles. The molecule has 114 valence electrons. The number of nitrogens with zero attached hydrogens (tertiary/aromatic N) is 4. The lowest BCUT2D eigenvalue weighted by atomic mass is 10.1. The fraction of sp³-hybridized carbons (Fsp3) is 0.0625. The van der Waals surface area contributed by atoms with Crippen molar-refractivity contribution in [2.75, 3.05) is 5.73 Å². The standard InChI is InChI=1S/C16H12IN5S/c1-22-8-21-13(9-2-4-10(17)5-3-9)14(22)12-6-11-15(18)19-7-20-16(11)23-12/h2-8H,1H3,(H2,18,19,20). The molecule has 3 heterocycles. The van der Waals surface area contributed by atoms with E-state index in [1.807, 2.05) is 24.0 Å². The van der Waals surface area contributed by atoms with Crippen LogP contribution in [0.15, 0.2) is 43.0 Å². The number of benzene rings is 1. The Labute approximate surface area is 150 Å². The van der Waals surface area contributed by atoms with Gasteiger partial charge in [-0.05, 0) is 40.8 Å². The molecule has 7 heteroatoms.